The highest BCUT2D eigenvalue weighted by molar-refractivity contribution is 5.91. The number of hydrogen-bond donors (Lipinski definition) is 1. The summed E-state index contributed by atoms with van der Waals surface area (Å²) in [7, 11) is 3.14. The molecule has 2 rings (SSSR count). The Hall–Kier alpha value is -2.69. The fourth-order valence-corrected chi connectivity index (χ4v) is 2.42. The van der Waals surface area contributed by atoms with E-state index in [-0.39, 0.29) is 5.91 Å². The van der Waals surface area contributed by atoms with Crippen LogP contribution in [0, 0.1) is 13.8 Å². The molecule has 0 aliphatic carbocycles. The van der Waals surface area contributed by atoms with E-state index in [0.717, 1.165) is 16.9 Å². The predicted octanol–water partition coefficient (Wildman–Crippen LogP) is 4.12. The van der Waals surface area contributed by atoms with Crippen LogP contribution in [0.3, 0.4) is 0 Å². The lowest BCUT2D eigenvalue weighted by atomic mass is 10.1. The van der Waals surface area contributed by atoms with Crippen molar-refractivity contribution in [1.29, 1.82) is 0 Å². The summed E-state index contributed by atoms with van der Waals surface area (Å²) in [6, 6.07) is 11.4. The summed E-state index contributed by atoms with van der Waals surface area (Å²) < 4.78 is 16.2. The van der Waals surface area contributed by atoms with Gasteiger partial charge in [-0.2, -0.15) is 0 Å². The van der Waals surface area contributed by atoms with Gasteiger partial charge >= 0.3 is 0 Å². The molecule has 1 N–H and O–H groups in total. The summed E-state index contributed by atoms with van der Waals surface area (Å²) in [6.07, 6.45) is 1.03. The molecule has 0 aromatic heterocycles. The minimum Gasteiger partial charge on any atom is -0.493 e. The van der Waals surface area contributed by atoms with Gasteiger partial charge in [0.1, 0.15) is 5.75 Å². The zero-order valence-corrected chi connectivity index (χ0v) is 15.2. The van der Waals surface area contributed by atoms with E-state index in [0.29, 0.717) is 36.6 Å². The minimum atomic E-state index is -0.0585. The normalized spacial score (nSPS) is 10.2. The van der Waals surface area contributed by atoms with Crippen molar-refractivity contribution < 1.29 is 19.0 Å². The largest absolute Gasteiger partial charge is 0.493 e. The van der Waals surface area contributed by atoms with Crippen LogP contribution in [-0.4, -0.2) is 26.7 Å². The van der Waals surface area contributed by atoms with Crippen LogP contribution < -0.4 is 19.5 Å². The maximum Gasteiger partial charge on any atom is 0.224 e. The smallest absolute Gasteiger partial charge is 0.224 e. The van der Waals surface area contributed by atoms with Gasteiger partial charge in [-0.25, -0.2) is 0 Å². The fraction of sp³-hybridized carbons (Fsp3) is 0.350. The summed E-state index contributed by atoms with van der Waals surface area (Å²) in [4.78, 5) is 12.1. The monoisotopic (exact) mass is 343 g/mol. The van der Waals surface area contributed by atoms with Gasteiger partial charge in [-0.1, -0.05) is 12.1 Å². The highest BCUT2D eigenvalue weighted by Crippen LogP contribution is 2.29. The Bertz CT molecular complexity index is 728. The van der Waals surface area contributed by atoms with E-state index >= 15 is 0 Å². The first kappa shape index (κ1) is 18.6. The molecule has 5 nitrogen and oxygen atoms in total. The average Bonchev–Trinajstić information content (AvgIpc) is 2.61. The van der Waals surface area contributed by atoms with E-state index in [1.54, 1.807) is 32.4 Å². The Labute approximate surface area is 148 Å². The molecule has 0 unspecified atom stereocenters. The van der Waals surface area contributed by atoms with E-state index in [9.17, 15) is 4.79 Å². The topological polar surface area (TPSA) is 56.8 Å². The molecule has 134 valence electrons. The highest BCUT2D eigenvalue weighted by atomic mass is 16.5. The second-order valence-corrected chi connectivity index (χ2v) is 5.84. The van der Waals surface area contributed by atoms with E-state index in [1.807, 2.05) is 26.0 Å². The Morgan fingerprint density at radius 1 is 0.960 bits per heavy atom. The van der Waals surface area contributed by atoms with Crippen molar-refractivity contribution in [3.8, 4) is 17.2 Å². The van der Waals surface area contributed by atoms with Crippen molar-refractivity contribution in [2.24, 2.45) is 0 Å². The van der Waals surface area contributed by atoms with Gasteiger partial charge in [0.2, 0.25) is 5.91 Å². The van der Waals surface area contributed by atoms with Crippen LogP contribution in [-0.2, 0) is 4.79 Å². The molecule has 2 aromatic rings. The first-order chi connectivity index (χ1) is 12.0. The average molecular weight is 343 g/mol. The number of aryl methyl sites for hydroxylation is 2. The quantitative estimate of drug-likeness (QED) is 0.733. The van der Waals surface area contributed by atoms with E-state index in [1.165, 1.54) is 0 Å². The van der Waals surface area contributed by atoms with Crippen LogP contribution in [0.1, 0.15) is 24.0 Å². The van der Waals surface area contributed by atoms with E-state index in [2.05, 4.69) is 11.4 Å². The molecule has 0 heterocycles. The molecule has 0 aliphatic rings. The molecule has 25 heavy (non-hydrogen) atoms. The van der Waals surface area contributed by atoms with Crippen LogP contribution in [0.4, 0.5) is 5.69 Å². The van der Waals surface area contributed by atoms with Crippen LogP contribution in [0.15, 0.2) is 36.4 Å². The number of anilines is 1. The van der Waals surface area contributed by atoms with Gasteiger partial charge in [0.25, 0.3) is 0 Å². The summed E-state index contributed by atoms with van der Waals surface area (Å²) >= 11 is 0. The number of rotatable bonds is 8. The molecule has 5 heteroatoms. The zero-order chi connectivity index (χ0) is 18.2. The molecule has 2 aromatic carbocycles. The number of benzene rings is 2. The van der Waals surface area contributed by atoms with Crippen molar-refractivity contribution in [2.75, 3.05) is 26.1 Å². The maximum absolute atomic E-state index is 12.1. The summed E-state index contributed by atoms with van der Waals surface area (Å²) in [5.74, 6) is 2.03. The first-order valence-corrected chi connectivity index (χ1v) is 8.25. The van der Waals surface area contributed by atoms with Crippen molar-refractivity contribution >= 4 is 11.6 Å². The van der Waals surface area contributed by atoms with Gasteiger partial charge in [0, 0.05) is 18.2 Å². The van der Waals surface area contributed by atoms with Gasteiger partial charge < -0.3 is 19.5 Å². The number of hydrogen-bond acceptors (Lipinski definition) is 4. The Morgan fingerprint density at radius 3 is 2.44 bits per heavy atom. The van der Waals surface area contributed by atoms with Gasteiger partial charge in [-0.3, -0.25) is 4.79 Å². The number of methoxy groups -OCH3 is 2. The van der Waals surface area contributed by atoms with Gasteiger partial charge in [-0.15, -0.1) is 0 Å². The minimum absolute atomic E-state index is 0.0585. The third-order valence-electron chi connectivity index (χ3n) is 3.82. The molecule has 0 saturated carbocycles. The fourth-order valence-electron chi connectivity index (χ4n) is 2.42. The summed E-state index contributed by atoms with van der Waals surface area (Å²) in [5, 5.41) is 2.86. The molecule has 0 aliphatic heterocycles. The molecular formula is C20H25NO4. The third kappa shape index (κ3) is 5.41. The second-order valence-electron chi connectivity index (χ2n) is 5.84. The van der Waals surface area contributed by atoms with Crippen LogP contribution in [0.25, 0.3) is 0 Å². The highest BCUT2D eigenvalue weighted by Gasteiger charge is 2.08. The van der Waals surface area contributed by atoms with Crippen molar-refractivity contribution in [2.45, 2.75) is 26.7 Å². The van der Waals surface area contributed by atoms with Gasteiger partial charge in [0.15, 0.2) is 11.5 Å². The lowest BCUT2D eigenvalue weighted by molar-refractivity contribution is -0.116. The molecule has 0 fully saturated rings. The molecule has 0 atom stereocenters. The standard InChI is InChI=1S/C20H25NO4/c1-14-7-8-15(2)18(12-14)25-11-5-6-20(22)21-16-9-10-17(23-3)19(13-16)24-4/h7-10,12-13H,5-6,11H2,1-4H3,(H,21,22). The molecule has 0 radical (unpaired) electrons. The number of amides is 1. The SMILES string of the molecule is COc1ccc(NC(=O)CCCOc2cc(C)ccc2C)cc1OC. The third-order valence-corrected chi connectivity index (χ3v) is 3.82. The lowest BCUT2D eigenvalue weighted by Gasteiger charge is -2.11. The van der Waals surface area contributed by atoms with Crippen LogP contribution >= 0.6 is 0 Å². The van der Waals surface area contributed by atoms with Crippen molar-refractivity contribution in [3.05, 3.63) is 47.5 Å². The lowest BCUT2D eigenvalue weighted by Crippen LogP contribution is -2.13. The van der Waals surface area contributed by atoms with Crippen molar-refractivity contribution in [1.82, 2.24) is 0 Å². The number of nitrogens with one attached hydrogen (secondary N) is 1. The number of carbonyl (C=O) groups is 1. The van der Waals surface area contributed by atoms with Gasteiger partial charge in [-0.05, 0) is 49.6 Å². The number of ether oxygens (including phenoxy) is 3. The second kappa shape index (κ2) is 8.97. The summed E-state index contributed by atoms with van der Waals surface area (Å²) in [6.45, 7) is 4.55. The van der Waals surface area contributed by atoms with Crippen molar-refractivity contribution in [3.63, 3.8) is 0 Å². The molecule has 0 spiro atoms. The number of carbonyl (C=O) groups excluding carboxylic acids is 1. The zero-order valence-electron chi connectivity index (χ0n) is 15.2. The summed E-state index contributed by atoms with van der Waals surface area (Å²) in [5.41, 5.74) is 2.94. The maximum atomic E-state index is 12.1. The Morgan fingerprint density at radius 2 is 1.72 bits per heavy atom. The molecule has 0 bridgehead atoms. The van der Waals surface area contributed by atoms with E-state index < -0.39 is 0 Å². The predicted molar refractivity (Wildman–Crippen MR) is 98.8 cm³/mol. The van der Waals surface area contributed by atoms with Crippen LogP contribution in [0.5, 0.6) is 17.2 Å². The van der Waals surface area contributed by atoms with Gasteiger partial charge in [0.05, 0.1) is 20.8 Å². The first-order valence-electron chi connectivity index (χ1n) is 8.25. The van der Waals surface area contributed by atoms with E-state index in [4.69, 9.17) is 14.2 Å². The molecular weight excluding hydrogens is 318 g/mol. The Balaban J connectivity index is 1.80. The molecule has 0 saturated heterocycles. The van der Waals surface area contributed by atoms with Crippen LogP contribution in [0.2, 0.25) is 0 Å². The Kier molecular flexibility index (Phi) is 6.69. The molecule has 1 amide bonds.